The maximum Gasteiger partial charge on any atom is 0.328 e. The molecule has 0 atom stereocenters. The number of aromatic hydroxyl groups is 1. The molecule has 1 fully saturated rings. The van der Waals surface area contributed by atoms with Gasteiger partial charge in [-0.2, -0.15) is 0 Å². The second-order valence-corrected chi connectivity index (χ2v) is 9.52. The molecule has 0 aromatic heterocycles. The molecule has 3 heterocycles. The van der Waals surface area contributed by atoms with Gasteiger partial charge in [0, 0.05) is 29.9 Å². The third kappa shape index (κ3) is 3.18. The highest BCUT2D eigenvalue weighted by atomic mass is 16.3. The van der Waals surface area contributed by atoms with Crippen LogP contribution in [0.15, 0.2) is 23.8 Å². The van der Waals surface area contributed by atoms with Crippen LogP contribution in [0.3, 0.4) is 0 Å². The van der Waals surface area contributed by atoms with Crippen molar-refractivity contribution in [1.82, 2.24) is 10.6 Å². The number of imide groups is 2. The Bertz CT molecular complexity index is 1010. The van der Waals surface area contributed by atoms with E-state index in [2.05, 4.69) is 32.6 Å². The maximum atomic E-state index is 11.9. The quantitative estimate of drug-likeness (QED) is 0.515. The number of hydrogen-bond acceptors (Lipinski definition) is 5. The maximum absolute atomic E-state index is 11.9. The summed E-state index contributed by atoms with van der Waals surface area (Å²) < 4.78 is 0. The second kappa shape index (κ2) is 6.72. The molecule has 4 rings (SSSR count). The van der Waals surface area contributed by atoms with Crippen LogP contribution < -0.4 is 15.5 Å². The average Bonchev–Trinajstić information content (AvgIpc) is 2.63. The lowest BCUT2D eigenvalue weighted by Crippen LogP contribution is -2.51. The second-order valence-electron chi connectivity index (χ2n) is 9.52. The number of anilines is 1. The van der Waals surface area contributed by atoms with Crippen LogP contribution in [0.2, 0.25) is 0 Å². The molecule has 1 aromatic rings. The van der Waals surface area contributed by atoms with E-state index in [4.69, 9.17) is 0 Å². The SMILES string of the molecule is CC1(C)CCN2CCC(C)(C)c3c(O)c(/C=C/C=C4C(=O)NC(=O)NC4=O)cc1c32. The van der Waals surface area contributed by atoms with Gasteiger partial charge in [0.1, 0.15) is 11.3 Å². The number of phenolic OH excluding ortho intramolecular Hbond substituents is 1. The van der Waals surface area contributed by atoms with Crippen molar-refractivity contribution >= 4 is 29.6 Å². The summed E-state index contributed by atoms with van der Waals surface area (Å²) in [5.41, 5.74) is 3.64. The molecule has 7 heteroatoms. The van der Waals surface area contributed by atoms with Crippen molar-refractivity contribution in [3.05, 3.63) is 40.5 Å². The van der Waals surface area contributed by atoms with Gasteiger partial charge in [-0.1, -0.05) is 39.8 Å². The molecule has 7 nitrogen and oxygen atoms in total. The minimum absolute atomic E-state index is 0.0216. The predicted molar refractivity (Wildman–Crippen MR) is 114 cm³/mol. The molecule has 158 valence electrons. The van der Waals surface area contributed by atoms with Crippen LogP contribution in [0.5, 0.6) is 5.75 Å². The molecule has 1 saturated heterocycles. The van der Waals surface area contributed by atoms with Gasteiger partial charge in [-0.05, 0) is 41.4 Å². The minimum atomic E-state index is -0.827. The van der Waals surface area contributed by atoms with Gasteiger partial charge in [0.2, 0.25) is 0 Å². The molecule has 30 heavy (non-hydrogen) atoms. The number of nitrogens with zero attached hydrogens (tertiary/aromatic N) is 1. The fourth-order valence-electron chi connectivity index (χ4n) is 4.59. The van der Waals surface area contributed by atoms with Crippen molar-refractivity contribution in [2.45, 2.75) is 51.4 Å². The number of carbonyl (C=O) groups is 3. The molecule has 3 aliphatic rings. The van der Waals surface area contributed by atoms with Gasteiger partial charge in [-0.15, -0.1) is 0 Å². The normalized spacial score (nSPS) is 21.9. The molecule has 0 bridgehead atoms. The number of hydrogen-bond donors (Lipinski definition) is 3. The Morgan fingerprint density at radius 2 is 1.60 bits per heavy atom. The number of benzene rings is 1. The lowest BCUT2D eigenvalue weighted by Gasteiger charge is -2.48. The number of carbonyl (C=O) groups excluding carboxylic acids is 3. The lowest BCUT2D eigenvalue weighted by atomic mass is 9.68. The highest BCUT2D eigenvalue weighted by molar-refractivity contribution is 6.29. The van der Waals surface area contributed by atoms with Gasteiger partial charge >= 0.3 is 6.03 Å². The van der Waals surface area contributed by atoms with Gasteiger partial charge in [0.25, 0.3) is 11.8 Å². The van der Waals surface area contributed by atoms with Crippen LogP contribution in [0.1, 0.15) is 57.2 Å². The monoisotopic (exact) mass is 409 g/mol. The molecule has 0 radical (unpaired) electrons. The Morgan fingerprint density at radius 3 is 2.23 bits per heavy atom. The molecule has 0 unspecified atom stereocenters. The Labute approximate surface area is 175 Å². The van der Waals surface area contributed by atoms with Crippen molar-refractivity contribution in [3.8, 4) is 5.75 Å². The Hall–Kier alpha value is -3.09. The van der Waals surface area contributed by atoms with E-state index in [1.807, 2.05) is 16.7 Å². The summed E-state index contributed by atoms with van der Waals surface area (Å²) in [5, 5.41) is 15.3. The summed E-state index contributed by atoms with van der Waals surface area (Å²) >= 11 is 0. The molecule has 3 aliphatic heterocycles. The van der Waals surface area contributed by atoms with Crippen LogP contribution >= 0.6 is 0 Å². The zero-order valence-corrected chi connectivity index (χ0v) is 17.8. The van der Waals surface area contributed by atoms with Crippen LogP contribution in [0.25, 0.3) is 6.08 Å². The van der Waals surface area contributed by atoms with Crippen LogP contribution in [-0.2, 0) is 20.4 Å². The van der Waals surface area contributed by atoms with Gasteiger partial charge in [-0.25, -0.2) is 4.79 Å². The predicted octanol–water partition coefficient (Wildman–Crippen LogP) is 2.87. The topological polar surface area (TPSA) is 98.7 Å². The smallest absolute Gasteiger partial charge is 0.328 e. The summed E-state index contributed by atoms with van der Waals surface area (Å²) in [6.45, 7) is 10.7. The summed E-state index contributed by atoms with van der Waals surface area (Å²) in [4.78, 5) is 37.3. The van der Waals surface area contributed by atoms with E-state index < -0.39 is 17.8 Å². The van der Waals surface area contributed by atoms with Gasteiger partial charge in [0.05, 0.1) is 0 Å². The van der Waals surface area contributed by atoms with Crippen molar-refractivity contribution in [2.24, 2.45) is 0 Å². The average molecular weight is 409 g/mol. The number of nitrogens with one attached hydrogen (secondary N) is 2. The van der Waals surface area contributed by atoms with E-state index in [9.17, 15) is 19.5 Å². The van der Waals surface area contributed by atoms with Gasteiger partial charge in [0.15, 0.2) is 0 Å². The van der Waals surface area contributed by atoms with E-state index in [1.165, 1.54) is 11.6 Å². The first kappa shape index (κ1) is 20.2. The minimum Gasteiger partial charge on any atom is -0.507 e. The fourth-order valence-corrected chi connectivity index (χ4v) is 4.59. The number of barbiturate groups is 1. The van der Waals surface area contributed by atoms with Crippen molar-refractivity contribution in [3.63, 3.8) is 0 Å². The fraction of sp³-hybridized carbons (Fsp3) is 0.435. The van der Waals surface area contributed by atoms with Crippen LogP contribution in [-0.4, -0.2) is 36.0 Å². The highest BCUT2D eigenvalue weighted by Gasteiger charge is 2.42. The Balaban J connectivity index is 1.80. The largest absolute Gasteiger partial charge is 0.507 e. The first-order valence-corrected chi connectivity index (χ1v) is 10.2. The van der Waals surface area contributed by atoms with Crippen molar-refractivity contribution in [1.29, 1.82) is 0 Å². The summed E-state index contributed by atoms with van der Waals surface area (Å²) in [5.74, 6) is -1.24. The molecular weight excluding hydrogens is 382 g/mol. The van der Waals surface area contributed by atoms with E-state index in [1.54, 1.807) is 12.2 Å². The Kier molecular flexibility index (Phi) is 4.52. The standard InChI is InChI=1S/C23H27N3O4/c1-22(2)8-10-26-11-9-23(3,4)16-17(26)15(22)12-13(18(16)27)6-5-7-14-19(28)24-21(30)25-20(14)29/h5-7,12,27H,8-11H2,1-4H3,(H2,24,25,28,29,30)/b6-5+. The molecule has 1 aromatic carbocycles. The molecule has 0 saturated carbocycles. The van der Waals surface area contributed by atoms with E-state index in [0.29, 0.717) is 5.56 Å². The molecular formula is C23H27N3O4. The van der Waals surface area contributed by atoms with Crippen molar-refractivity contribution in [2.75, 3.05) is 18.0 Å². The molecule has 0 aliphatic carbocycles. The molecule has 3 N–H and O–H groups in total. The van der Waals surface area contributed by atoms with E-state index in [0.717, 1.165) is 37.2 Å². The number of rotatable bonds is 2. The summed E-state index contributed by atoms with van der Waals surface area (Å²) in [6, 6.07) is 1.19. The lowest BCUT2D eigenvalue weighted by molar-refractivity contribution is -0.124. The van der Waals surface area contributed by atoms with E-state index in [-0.39, 0.29) is 22.2 Å². The number of phenols is 1. The zero-order chi connectivity index (χ0) is 21.8. The third-order valence-corrected chi connectivity index (χ3v) is 6.52. The summed E-state index contributed by atoms with van der Waals surface area (Å²) in [7, 11) is 0. The number of amides is 4. The molecule has 0 spiro atoms. The third-order valence-electron chi connectivity index (χ3n) is 6.52. The van der Waals surface area contributed by atoms with Crippen LogP contribution in [0, 0.1) is 0 Å². The number of allylic oxidation sites excluding steroid dienone is 2. The first-order valence-electron chi connectivity index (χ1n) is 10.2. The van der Waals surface area contributed by atoms with Crippen molar-refractivity contribution < 1.29 is 19.5 Å². The molecule has 4 amide bonds. The van der Waals surface area contributed by atoms with Gasteiger partial charge in [-0.3, -0.25) is 20.2 Å². The first-order chi connectivity index (χ1) is 14.0. The van der Waals surface area contributed by atoms with Gasteiger partial charge < -0.3 is 10.0 Å². The highest BCUT2D eigenvalue weighted by Crippen LogP contribution is 2.53. The Morgan fingerprint density at radius 1 is 1.00 bits per heavy atom. The summed E-state index contributed by atoms with van der Waals surface area (Å²) in [6.07, 6.45) is 6.60. The van der Waals surface area contributed by atoms with E-state index >= 15 is 0 Å². The zero-order valence-electron chi connectivity index (χ0n) is 17.8. The number of urea groups is 1. The van der Waals surface area contributed by atoms with Crippen LogP contribution in [0.4, 0.5) is 10.5 Å².